The van der Waals surface area contributed by atoms with Gasteiger partial charge in [0.25, 0.3) is 5.91 Å². The maximum Gasteiger partial charge on any atom is 0.251 e. The molecular formula is C28H31N7O2. The number of hydrogen-bond acceptors (Lipinski definition) is 8. The van der Waals surface area contributed by atoms with Crippen LogP contribution in [0.25, 0.3) is 0 Å². The van der Waals surface area contributed by atoms with Crippen molar-refractivity contribution in [2.75, 3.05) is 39.6 Å². The number of methoxy groups -OCH3 is 1. The van der Waals surface area contributed by atoms with Crippen LogP contribution in [0.4, 0.5) is 11.6 Å². The van der Waals surface area contributed by atoms with Gasteiger partial charge in [-0.25, -0.2) is 9.97 Å². The number of nitrogens with zero attached hydrogens (tertiary/aromatic N) is 4. The second-order valence-electron chi connectivity index (χ2n) is 9.47. The molecule has 9 heteroatoms. The smallest absolute Gasteiger partial charge is 0.251 e. The molecule has 3 aromatic rings. The van der Waals surface area contributed by atoms with Crippen molar-refractivity contribution in [3.8, 4) is 5.75 Å². The van der Waals surface area contributed by atoms with E-state index in [4.69, 9.17) is 15.1 Å². The lowest BCUT2D eigenvalue weighted by Gasteiger charge is -2.36. The molecular weight excluding hydrogens is 466 g/mol. The summed E-state index contributed by atoms with van der Waals surface area (Å²) in [6, 6.07) is 15.4. The Labute approximate surface area is 216 Å². The lowest BCUT2D eigenvalue weighted by atomic mass is 9.80. The van der Waals surface area contributed by atoms with Gasteiger partial charge in [0.2, 0.25) is 5.95 Å². The Hall–Kier alpha value is -4.11. The maximum atomic E-state index is 12.7. The van der Waals surface area contributed by atoms with E-state index >= 15 is 0 Å². The Morgan fingerprint density at radius 3 is 2.62 bits per heavy atom. The van der Waals surface area contributed by atoms with E-state index in [1.54, 1.807) is 32.4 Å². The first-order valence-corrected chi connectivity index (χ1v) is 12.4. The summed E-state index contributed by atoms with van der Waals surface area (Å²) in [6.45, 7) is 1.71. The number of amides is 1. The highest BCUT2D eigenvalue weighted by Gasteiger charge is 2.32. The minimum Gasteiger partial charge on any atom is -0.495 e. The van der Waals surface area contributed by atoms with Crippen molar-refractivity contribution in [3.05, 3.63) is 77.1 Å². The van der Waals surface area contributed by atoms with E-state index < -0.39 is 0 Å². The van der Waals surface area contributed by atoms with Gasteiger partial charge in [-0.1, -0.05) is 30.3 Å². The summed E-state index contributed by atoms with van der Waals surface area (Å²) in [5.41, 5.74) is 5.38. The van der Waals surface area contributed by atoms with E-state index in [2.05, 4.69) is 25.5 Å². The van der Waals surface area contributed by atoms with Crippen LogP contribution in [0.15, 0.2) is 59.7 Å². The molecule has 190 valence electrons. The number of benzene rings is 2. The van der Waals surface area contributed by atoms with Gasteiger partial charge in [-0.3, -0.25) is 9.79 Å². The number of aliphatic imine (C=N–C) groups is 1. The standard InChI is InChI=1S/C28H31N7O2/c1-30-25(17-7-5-4-6-8-17)24-21(29)11-9-19-14-31-28(34-26(19)24)33-22-12-10-18(13-23(22)37-3)27(36)32-20-15-35(2)16-20/h4-8,10,12-14,20,24,29H,9,11,15-16H2,1-3H3,(H,32,36)(H,31,33,34). The van der Waals surface area contributed by atoms with Gasteiger partial charge in [-0.15, -0.1) is 0 Å². The average molecular weight is 498 g/mol. The van der Waals surface area contributed by atoms with Crippen LogP contribution in [0.3, 0.4) is 0 Å². The van der Waals surface area contributed by atoms with Gasteiger partial charge >= 0.3 is 0 Å². The zero-order valence-electron chi connectivity index (χ0n) is 21.3. The minimum absolute atomic E-state index is 0.123. The summed E-state index contributed by atoms with van der Waals surface area (Å²) in [5, 5.41) is 15.0. The highest BCUT2D eigenvalue weighted by atomic mass is 16.5. The monoisotopic (exact) mass is 497 g/mol. The fraction of sp³-hybridized carbons (Fsp3) is 0.321. The Bertz CT molecular complexity index is 1350. The number of anilines is 2. The summed E-state index contributed by atoms with van der Waals surface area (Å²) in [5.74, 6) is 0.457. The number of hydrogen-bond donors (Lipinski definition) is 3. The lowest BCUT2D eigenvalue weighted by Crippen LogP contribution is -2.57. The molecule has 1 unspecified atom stereocenters. The molecule has 2 aliphatic rings. The number of carbonyl (C=O) groups is 1. The zero-order chi connectivity index (χ0) is 25.9. The number of aryl methyl sites for hydroxylation is 1. The normalized spacial score (nSPS) is 18.1. The van der Waals surface area contributed by atoms with E-state index in [0.29, 0.717) is 35.1 Å². The maximum absolute atomic E-state index is 12.7. The molecule has 0 radical (unpaired) electrons. The SMILES string of the molecule is CN=C(c1ccccc1)C1C(=N)CCc2cnc(Nc3ccc(C(=O)NC4CN(C)C4)cc3OC)nc21. The van der Waals surface area contributed by atoms with Crippen LogP contribution >= 0.6 is 0 Å². The van der Waals surface area contributed by atoms with Crippen molar-refractivity contribution in [1.29, 1.82) is 5.41 Å². The predicted molar refractivity (Wildman–Crippen MR) is 145 cm³/mol. The summed E-state index contributed by atoms with van der Waals surface area (Å²) in [4.78, 5) is 28.8. The Morgan fingerprint density at radius 2 is 1.92 bits per heavy atom. The van der Waals surface area contributed by atoms with Gasteiger partial charge in [-0.05, 0) is 49.2 Å². The molecule has 3 N–H and O–H groups in total. The Balaban J connectivity index is 1.41. The summed E-state index contributed by atoms with van der Waals surface area (Å²) < 4.78 is 5.58. The van der Waals surface area contributed by atoms with E-state index in [1.165, 1.54) is 0 Å². The van der Waals surface area contributed by atoms with Gasteiger partial charge < -0.3 is 25.7 Å². The van der Waals surface area contributed by atoms with Gasteiger partial charge in [-0.2, -0.15) is 0 Å². The van der Waals surface area contributed by atoms with E-state index in [9.17, 15) is 4.79 Å². The predicted octanol–water partition coefficient (Wildman–Crippen LogP) is 3.44. The quantitative estimate of drug-likeness (QED) is 0.431. The number of rotatable bonds is 7. The minimum atomic E-state index is -0.335. The first kappa shape index (κ1) is 24.6. The molecule has 0 saturated carbocycles. The number of ether oxygens (including phenoxy) is 1. The number of likely N-dealkylation sites (N-methyl/N-ethyl adjacent to an activating group) is 1. The molecule has 0 spiro atoms. The second kappa shape index (κ2) is 10.5. The van der Waals surface area contributed by atoms with E-state index in [0.717, 1.165) is 42.0 Å². The molecule has 1 aliphatic heterocycles. The first-order chi connectivity index (χ1) is 18.0. The van der Waals surface area contributed by atoms with Crippen LogP contribution in [-0.4, -0.2) is 72.5 Å². The highest BCUT2D eigenvalue weighted by molar-refractivity contribution is 6.18. The molecule has 2 aromatic carbocycles. The molecule has 0 bridgehead atoms. The molecule has 1 atom stereocenters. The molecule has 9 nitrogen and oxygen atoms in total. The highest BCUT2D eigenvalue weighted by Crippen LogP contribution is 2.33. The first-order valence-electron chi connectivity index (χ1n) is 12.4. The summed E-state index contributed by atoms with van der Waals surface area (Å²) in [7, 11) is 5.35. The number of nitrogens with one attached hydrogen (secondary N) is 3. The number of aromatic nitrogens is 2. The van der Waals surface area contributed by atoms with Crippen molar-refractivity contribution in [2.45, 2.75) is 24.8 Å². The van der Waals surface area contributed by atoms with Crippen molar-refractivity contribution < 1.29 is 9.53 Å². The average Bonchev–Trinajstić information content (AvgIpc) is 2.90. The van der Waals surface area contributed by atoms with Gasteiger partial charge in [0.05, 0.1) is 36.2 Å². The van der Waals surface area contributed by atoms with Crippen molar-refractivity contribution in [2.24, 2.45) is 4.99 Å². The fourth-order valence-corrected chi connectivity index (χ4v) is 4.94. The summed E-state index contributed by atoms with van der Waals surface area (Å²) in [6.07, 6.45) is 3.20. The zero-order valence-corrected chi connectivity index (χ0v) is 21.3. The third-order valence-electron chi connectivity index (χ3n) is 6.88. The Kier molecular flexibility index (Phi) is 6.96. The van der Waals surface area contributed by atoms with Crippen molar-refractivity contribution in [1.82, 2.24) is 20.2 Å². The van der Waals surface area contributed by atoms with Gasteiger partial charge in [0, 0.05) is 37.6 Å². The van der Waals surface area contributed by atoms with Crippen molar-refractivity contribution in [3.63, 3.8) is 0 Å². The number of carbonyl (C=O) groups excluding carboxylic acids is 1. The molecule has 1 aliphatic carbocycles. The topological polar surface area (TPSA) is 116 Å². The molecule has 5 rings (SSSR count). The number of fused-ring (bicyclic) bond motifs is 1. The van der Waals surface area contributed by atoms with Crippen LogP contribution in [0.2, 0.25) is 0 Å². The largest absolute Gasteiger partial charge is 0.495 e. The molecule has 1 saturated heterocycles. The third-order valence-corrected chi connectivity index (χ3v) is 6.88. The third kappa shape index (κ3) is 5.08. The van der Waals surface area contributed by atoms with Crippen LogP contribution in [-0.2, 0) is 6.42 Å². The van der Waals surface area contributed by atoms with Crippen LogP contribution in [0, 0.1) is 5.41 Å². The van der Waals surface area contributed by atoms with Crippen LogP contribution in [0.5, 0.6) is 5.75 Å². The molecule has 2 heterocycles. The van der Waals surface area contributed by atoms with Gasteiger partial charge in [0.15, 0.2) is 0 Å². The van der Waals surface area contributed by atoms with Crippen LogP contribution < -0.4 is 15.4 Å². The van der Waals surface area contributed by atoms with Crippen LogP contribution in [0.1, 0.15) is 39.5 Å². The molecule has 1 aromatic heterocycles. The van der Waals surface area contributed by atoms with E-state index in [1.807, 2.05) is 43.6 Å². The Morgan fingerprint density at radius 1 is 1.14 bits per heavy atom. The lowest BCUT2D eigenvalue weighted by molar-refractivity contribution is 0.0857. The second-order valence-corrected chi connectivity index (χ2v) is 9.47. The molecule has 1 fully saturated rings. The number of likely N-dealkylation sites (tertiary alicyclic amines) is 1. The fourth-order valence-electron chi connectivity index (χ4n) is 4.94. The van der Waals surface area contributed by atoms with Gasteiger partial charge in [0.1, 0.15) is 5.75 Å². The van der Waals surface area contributed by atoms with E-state index in [-0.39, 0.29) is 17.9 Å². The summed E-state index contributed by atoms with van der Waals surface area (Å²) >= 11 is 0. The molecule has 37 heavy (non-hydrogen) atoms. The van der Waals surface area contributed by atoms with Crippen molar-refractivity contribution >= 4 is 29.0 Å². The molecule has 1 amide bonds.